The van der Waals surface area contributed by atoms with Gasteiger partial charge in [0.15, 0.2) is 0 Å². The Bertz CT molecular complexity index is 1050. The van der Waals surface area contributed by atoms with Gasteiger partial charge in [-0.1, -0.05) is 32.4 Å². The maximum atomic E-state index is 12.7. The van der Waals surface area contributed by atoms with Gasteiger partial charge in [-0.05, 0) is 111 Å². The van der Waals surface area contributed by atoms with E-state index in [0.717, 1.165) is 50.0 Å². The minimum absolute atomic E-state index is 0.384. The summed E-state index contributed by atoms with van der Waals surface area (Å²) >= 11 is 0. The molecule has 0 unspecified atom stereocenters. The molecule has 2 aromatic rings. The molecule has 204 valence electrons. The standard InChI is InChI=1S/C32H41NO5/c1-3-9-24-10-12-25(13-11-24)30-19-18-29(22-27(30)23-33)38-32(35)26-14-16-28(17-15-26)36-20-7-5-6-8-21-37-31(34)4-2/h4,14-19,22-25,33H,2-3,5-13,20-21H2,1H3. The van der Waals surface area contributed by atoms with E-state index in [2.05, 4.69) is 13.5 Å². The Morgan fingerprint density at radius 3 is 2.29 bits per heavy atom. The van der Waals surface area contributed by atoms with Crippen molar-refractivity contribution in [2.24, 2.45) is 5.92 Å². The minimum atomic E-state index is -0.433. The van der Waals surface area contributed by atoms with E-state index >= 15 is 0 Å². The van der Waals surface area contributed by atoms with Crippen molar-refractivity contribution in [3.05, 3.63) is 71.8 Å². The molecule has 0 aromatic heterocycles. The molecule has 1 aliphatic carbocycles. The van der Waals surface area contributed by atoms with Crippen LogP contribution in [0.15, 0.2) is 55.1 Å². The summed E-state index contributed by atoms with van der Waals surface area (Å²) < 4.78 is 16.3. The number of rotatable bonds is 15. The molecular formula is C32H41NO5. The molecule has 6 nitrogen and oxygen atoms in total. The third kappa shape index (κ3) is 9.16. The first kappa shape index (κ1) is 29.2. The number of esters is 2. The van der Waals surface area contributed by atoms with E-state index in [4.69, 9.17) is 19.6 Å². The summed E-state index contributed by atoms with van der Waals surface area (Å²) in [7, 11) is 0. The highest BCUT2D eigenvalue weighted by atomic mass is 16.5. The average molecular weight is 520 g/mol. The van der Waals surface area contributed by atoms with Crippen molar-refractivity contribution in [3.8, 4) is 11.5 Å². The minimum Gasteiger partial charge on any atom is -0.494 e. The maximum Gasteiger partial charge on any atom is 0.343 e. The Kier molecular flexibility index (Phi) is 12.1. The SMILES string of the molecule is C=CC(=O)OCCCCCCOc1ccc(C(=O)Oc2ccc(C3CCC(CCC)CC3)c(C=N)c2)cc1. The summed E-state index contributed by atoms with van der Waals surface area (Å²) in [5.41, 5.74) is 2.46. The van der Waals surface area contributed by atoms with Crippen LogP contribution in [0.5, 0.6) is 11.5 Å². The zero-order chi connectivity index (χ0) is 27.2. The molecule has 1 N–H and O–H groups in total. The predicted molar refractivity (Wildman–Crippen MR) is 150 cm³/mol. The zero-order valence-corrected chi connectivity index (χ0v) is 22.6. The van der Waals surface area contributed by atoms with Gasteiger partial charge in [0.1, 0.15) is 11.5 Å². The molecule has 0 atom stereocenters. The van der Waals surface area contributed by atoms with Gasteiger partial charge >= 0.3 is 11.9 Å². The molecule has 1 saturated carbocycles. The van der Waals surface area contributed by atoms with E-state index in [-0.39, 0.29) is 5.97 Å². The van der Waals surface area contributed by atoms with Gasteiger partial charge in [-0.3, -0.25) is 0 Å². The average Bonchev–Trinajstić information content (AvgIpc) is 2.95. The van der Waals surface area contributed by atoms with Crippen molar-refractivity contribution in [2.75, 3.05) is 13.2 Å². The molecule has 0 radical (unpaired) electrons. The van der Waals surface area contributed by atoms with Gasteiger partial charge in [0.2, 0.25) is 0 Å². The van der Waals surface area contributed by atoms with Crippen molar-refractivity contribution < 1.29 is 23.8 Å². The first-order chi connectivity index (χ1) is 18.5. The van der Waals surface area contributed by atoms with Gasteiger partial charge < -0.3 is 19.6 Å². The molecule has 1 aliphatic rings. The molecule has 0 aliphatic heterocycles. The van der Waals surface area contributed by atoms with Crippen LogP contribution in [0.2, 0.25) is 0 Å². The van der Waals surface area contributed by atoms with Gasteiger partial charge in [-0.2, -0.15) is 0 Å². The first-order valence-corrected chi connectivity index (χ1v) is 13.9. The number of carbonyl (C=O) groups excluding carboxylic acids is 2. The summed E-state index contributed by atoms with van der Waals surface area (Å²) in [5, 5.41) is 7.91. The van der Waals surface area contributed by atoms with Gasteiger partial charge in [0, 0.05) is 12.3 Å². The predicted octanol–water partition coefficient (Wildman–Crippen LogP) is 7.65. The van der Waals surface area contributed by atoms with Crippen molar-refractivity contribution in [1.82, 2.24) is 0 Å². The molecule has 0 saturated heterocycles. The van der Waals surface area contributed by atoms with Crippen molar-refractivity contribution in [2.45, 2.75) is 77.0 Å². The lowest BCUT2D eigenvalue weighted by molar-refractivity contribution is -0.137. The summed E-state index contributed by atoms with van der Waals surface area (Å²) in [6, 6.07) is 12.6. The number of hydrogen-bond donors (Lipinski definition) is 1. The summed E-state index contributed by atoms with van der Waals surface area (Å²) in [6.45, 7) is 6.61. The Balaban J connectivity index is 1.43. The van der Waals surface area contributed by atoms with Crippen LogP contribution in [0.25, 0.3) is 0 Å². The molecule has 0 heterocycles. The van der Waals surface area contributed by atoms with E-state index < -0.39 is 5.97 Å². The van der Waals surface area contributed by atoms with Crippen LogP contribution in [0.3, 0.4) is 0 Å². The second kappa shape index (κ2) is 15.8. The number of ether oxygens (including phenoxy) is 3. The highest BCUT2D eigenvalue weighted by Crippen LogP contribution is 2.39. The van der Waals surface area contributed by atoms with Crippen LogP contribution >= 0.6 is 0 Å². The number of hydrogen-bond acceptors (Lipinski definition) is 6. The highest BCUT2D eigenvalue weighted by molar-refractivity contribution is 5.91. The van der Waals surface area contributed by atoms with Crippen LogP contribution in [0.4, 0.5) is 0 Å². The van der Waals surface area contributed by atoms with Crippen LogP contribution in [0.1, 0.15) is 98.5 Å². The quantitative estimate of drug-likeness (QED) is 0.0859. The monoisotopic (exact) mass is 519 g/mol. The van der Waals surface area contributed by atoms with Gasteiger partial charge in [0.25, 0.3) is 0 Å². The molecule has 0 bridgehead atoms. The number of carbonyl (C=O) groups is 2. The highest BCUT2D eigenvalue weighted by Gasteiger charge is 2.23. The number of nitrogens with one attached hydrogen (secondary N) is 1. The first-order valence-electron chi connectivity index (χ1n) is 13.9. The smallest absolute Gasteiger partial charge is 0.343 e. The van der Waals surface area contributed by atoms with Crippen LogP contribution in [0, 0.1) is 11.3 Å². The molecule has 0 spiro atoms. The number of unbranched alkanes of at least 4 members (excludes halogenated alkanes) is 3. The van der Waals surface area contributed by atoms with Crippen molar-refractivity contribution in [3.63, 3.8) is 0 Å². The third-order valence-corrected chi connectivity index (χ3v) is 7.22. The molecule has 2 aromatic carbocycles. The topological polar surface area (TPSA) is 85.7 Å². The van der Waals surface area contributed by atoms with E-state index in [1.807, 2.05) is 12.1 Å². The van der Waals surface area contributed by atoms with Gasteiger partial charge in [-0.25, -0.2) is 9.59 Å². The lowest BCUT2D eigenvalue weighted by Gasteiger charge is -2.29. The van der Waals surface area contributed by atoms with E-state index in [9.17, 15) is 9.59 Å². The zero-order valence-electron chi connectivity index (χ0n) is 22.6. The Hall–Kier alpha value is -3.41. The maximum absolute atomic E-state index is 12.7. The second-order valence-electron chi connectivity index (χ2n) is 9.99. The lowest BCUT2D eigenvalue weighted by Crippen LogP contribution is -2.15. The summed E-state index contributed by atoms with van der Waals surface area (Å²) in [4.78, 5) is 23.7. The van der Waals surface area contributed by atoms with Crippen LogP contribution in [-0.2, 0) is 9.53 Å². The van der Waals surface area contributed by atoms with Gasteiger partial charge in [0.05, 0.1) is 18.8 Å². The molecule has 38 heavy (non-hydrogen) atoms. The lowest BCUT2D eigenvalue weighted by atomic mass is 9.76. The molecule has 6 heteroatoms. The normalized spacial score (nSPS) is 16.9. The largest absolute Gasteiger partial charge is 0.494 e. The fraction of sp³-hybridized carbons (Fsp3) is 0.469. The number of benzene rings is 2. The second-order valence-corrected chi connectivity index (χ2v) is 9.99. The Morgan fingerprint density at radius 2 is 1.63 bits per heavy atom. The molecular weight excluding hydrogens is 478 g/mol. The van der Waals surface area contributed by atoms with Crippen molar-refractivity contribution >= 4 is 18.2 Å². The Morgan fingerprint density at radius 1 is 0.947 bits per heavy atom. The van der Waals surface area contributed by atoms with E-state index in [0.29, 0.717) is 36.2 Å². The Labute approximate surface area is 226 Å². The van der Waals surface area contributed by atoms with Crippen LogP contribution < -0.4 is 9.47 Å². The van der Waals surface area contributed by atoms with E-state index in [1.54, 1.807) is 30.3 Å². The fourth-order valence-corrected chi connectivity index (χ4v) is 5.12. The molecule has 3 rings (SSSR count). The summed E-state index contributed by atoms with van der Waals surface area (Å²) in [6.07, 6.45) is 13.6. The molecule has 0 amide bonds. The third-order valence-electron chi connectivity index (χ3n) is 7.22. The van der Waals surface area contributed by atoms with Crippen LogP contribution in [-0.4, -0.2) is 31.4 Å². The molecule has 1 fully saturated rings. The van der Waals surface area contributed by atoms with Gasteiger partial charge in [-0.15, -0.1) is 0 Å². The summed E-state index contributed by atoms with van der Waals surface area (Å²) in [5.74, 6) is 1.65. The van der Waals surface area contributed by atoms with E-state index in [1.165, 1.54) is 43.5 Å². The van der Waals surface area contributed by atoms with Crippen molar-refractivity contribution in [1.29, 1.82) is 5.41 Å². The fourth-order valence-electron chi connectivity index (χ4n) is 5.12.